The summed E-state index contributed by atoms with van der Waals surface area (Å²) in [6.45, 7) is 2.39. The van der Waals surface area contributed by atoms with Gasteiger partial charge in [-0.15, -0.1) is 0 Å². The number of carbonyl (C=O) groups is 2. The molecule has 126 valence electrons. The van der Waals surface area contributed by atoms with E-state index in [9.17, 15) is 24.3 Å². The van der Waals surface area contributed by atoms with Crippen LogP contribution in [0.4, 0.5) is 0 Å². The Labute approximate surface area is 132 Å². The molecule has 1 aromatic heterocycles. The molecule has 2 rings (SSSR count). The van der Waals surface area contributed by atoms with Crippen molar-refractivity contribution in [2.75, 3.05) is 13.1 Å². The van der Waals surface area contributed by atoms with E-state index in [-0.39, 0.29) is 12.1 Å². The maximum absolute atomic E-state index is 12.6. The Bertz CT molecular complexity index is 731. The van der Waals surface area contributed by atoms with Crippen LogP contribution in [0.25, 0.3) is 0 Å². The predicted octanol–water partition coefficient (Wildman–Crippen LogP) is 0.181. The molecule has 1 saturated heterocycles. The first-order valence-corrected chi connectivity index (χ1v) is 7.63. The monoisotopic (exact) mass is 323 g/mol. The minimum atomic E-state index is -0.962. The number of aryl methyl sites for hydroxylation is 1. The summed E-state index contributed by atoms with van der Waals surface area (Å²) in [5, 5.41) is 9.57. The molecule has 0 aliphatic carbocycles. The molecular formula is C15H21N3O5. The van der Waals surface area contributed by atoms with Gasteiger partial charge in [0.2, 0.25) is 0 Å². The van der Waals surface area contributed by atoms with E-state index in [1.54, 1.807) is 0 Å². The van der Waals surface area contributed by atoms with Crippen LogP contribution in [0.1, 0.15) is 43.0 Å². The fraction of sp³-hybridized carbons (Fsp3) is 0.600. The van der Waals surface area contributed by atoms with Crippen molar-refractivity contribution in [3.63, 3.8) is 0 Å². The number of aliphatic carboxylic acids is 1. The van der Waals surface area contributed by atoms with Gasteiger partial charge in [-0.1, -0.05) is 13.3 Å². The third-order valence-corrected chi connectivity index (χ3v) is 4.38. The minimum Gasteiger partial charge on any atom is -0.481 e. The Morgan fingerprint density at radius 1 is 1.39 bits per heavy atom. The van der Waals surface area contributed by atoms with E-state index >= 15 is 0 Å². The van der Waals surface area contributed by atoms with E-state index in [0.717, 1.165) is 4.57 Å². The minimum absolute atomic E-state index is 0.0806. The average molecular weight is 323 g/mol. The van der Waals surface area contributed by atoms with Crippen LogP contribution in [-0.2, 0) is 11.8 Å². The Kier molecular flexibility index (Phi) is 4.72. The van der Waals surface area contributed by atoms with Gasteiger partial charge in [-0.25, -0.2) is 4.79 Å². The van der Waals surface area contributed by atoms with Crippen LogP contribution in [-0.4, -0.2) is 44.5 Å². The molecule has 2 heterocycles. The normalized spacial score (nSPS) is 21.2. The molecule has 0 spiro atoms. The van der Waals surface area contributed by atoms with Crippen LogP contribution in [0.2, 0.25) is 0 Å². The molecule has 0 saturated carbocycles. The van der Waals surface area contributed by atoms with Gasteiger partial charge in [-0.05, 0) is 19.3 Å². The van der Waals surface area contributed by atoms with E-state index in [0.29, 0.717) is 32.2 Å². The van der Waals surface area contributed by atoms with Crippen molar-refractivity contribution in [1.82, 2.24) is 14.5 Å². The van der Waals surface area contributed by atoms with Gasteiger partial charge in [0.05, 0.1) is 5.41 Å². The maximum atomic E-state index is 12.6. The molecule has 1 aliphatic heterocycles. The third-order valence-electron chi connectivity index (χ3n) is 4.38. The molecule has 1 aromatic rings. The van der Waals surface area contributed by atoms with Crippen molar-refractivity contribution >= 4 is 11.9 Å². The molecule has 0 aromatic carbocycles. The number of piperidine rings is 1. The first kappa shape index (κ1) is 17.0. The lowest BCUT2D eigenvalue weighted by Crippen LogP contribution is -2.51. The molecule has 1 aliphatic rings. The third kappa shape index (κ3) is 3.20. The van der Waals surface area contributed by atoms with E-state index in [1.807, 2.05) is 6.92 Å². The second kappa shape index (κ2) is 6.39. The largest absolute Gasteiger partial charge is 0.481 e. The quantitative estimate of drug-likeness (QED) is 0.821. The Balaban J connectivity index is 2.33. The van der Waals surface area contributed by atoms with Crippen molar-refractivity contribution in [2.24, 2.45) is 12.5 Å². The van der Waals surface area contributed by atoms with Crippen molar-refractivity contribution < 1.29 is 14.7 Å². The van der Waals surface area contributed by atoms with Gasteiger partial charge in [-0.3, -0.25) is 19.4 Å². The molecule has 1 amide bonds. The summed E-state index contributed by atoms with van der Waals surface area (Å²) in [6.07, 6.45) is 3.47. The average Bonchev–Trinajstić information content (AvgIpc) is 2.50. The second-order valence-electron chi connectivity index (χ2n) is 6.08. The number of carboxylic acid groups (broad SMARTS) is 1. The number of nitrogens with zero attached hydrogens (tertiary/aromatic N) is 2. The van der Waals surface area contributed by atoms with Gasteiger partial charge in [-0.2, -0.15) is 0 Å². The number of hydrogen-bond donors (Lipinski definition) is 2. The van der Waals surface area contributed by atoms with Crippen LogP contribution < -0.4 is 11.2 Å². The standard InChI is InChI=1S/C15H21N3O5/c1-3-5-15(13(21)22)6-4-7-18(9-15)12(20)10-8-17(2)14(23)16-11(10)19/h8H,3-7,9H2,1-2H3,(H,21,22)(H,16,19,23). The zero-order chi connectivity index (χ0) is 17.2. The summed E-state index contributed by atoms with van der Waals surface area (Å²) < 4.78 is 1.12. The molecule has 23 heavy (non-hydrogen) atoms. The van der Waals surface area contributed by atoms with Crippen molar-refractivity contribution in [3.8, 4) is 0 Å². The summed E-state index contributed by atoms with van der Waals surface area (Å²) in [4.78, 5) is 51.0. The number of carboxylic acids is 1. The van der Waals surface area contributed by atoms with E-state index < -0.39 is 28.5 Å². The number of aromatic amines is 1. The highest BCUT2D eigenvalue weighted by atomic mass is 16.4. The molecule has 8 heteroatoms. The van der Waals surface area contributed by atoms with E-state index in [2.05, 4.69) is 4.98 Å². The Morgan fingerprint density at radius 2 is 2.09 bits per heavy atom. The number of carbonyl (C=O) groups excluding carboxylic acids is 1. The zero-order valence-corrected chi connectivity index (χ0v) is 13.3. The Hall–Kier alpha value is -2.38. The van der Waals surface area contributed by atoms with Gasteiger partial charge in [0.15, 0.2) is 0 Å². The lowest BCUT2D eigenvalue weighted by atomic mass is 9.76. The number of nitrogens with one attached hydrogen (secondary N) is 1. The van der Waals surface area contributed by atoms with Crippen LogP contribution in [0.15, 0.2) is 15.8 Å². The maximum Gasteiger partial charge on any atom is 0.328 e. The lowest BCUT2D eigenvalue weighted by Gasteiger charge is -2.39. The lowest BCUT2D eigenvalue weighted by molar-refractivity contribution is -0.152. The van der Waals surface area contributed by atoms with Crippen LogP contribution in [0, 0.1) is 5.41 Å². The number of hydrogen-bond acceptors (Lipinski definition) is 4. The van der Waals surface area contributed by atoms with Crippen molar-refractivity contribution in [3.05, 3.63) is 32.6 Å². The van der Waals surface area contributed by atoms with Gasteiger partial charge in [0, 0.05) is 26.3 Å². The predicted molar refractivity (Wildman–Crippen MR) is 82.4 cm³/mol. The first-order valence-electron chi connectivity index (χ1n) is 7.63. The summed E-state index contributed by atoms with van der Waals surface area (Å²) in [7, 11) is 1.43. The first-order chi connectivity index (χ1) is 10.8. The fourth-order valence-corrected chi connectivity index (χ4v) is 3.16. The zero-order valence-electron chi connectivity index (χ0n) is 13.3. The molecular weight excluding hydrogens is 302 g/mol. The summed E-state index contributed by atoms with van der Waals surface area (Å²) in [5.41, 5.74) is -2.46. The topological polar surface area (TPSA) is 112 Å². The van der Waals surface area contributed by atoms with Crippen molar-refractivity contribution in [2.45, 2.75) is 32.6 Å². The SMILES string of the molecule is CCCC1(C(=O)O)CCCN(C(=O)c2cn(C)c(=O)[nH]c2=O)C1. The molecule has 1 atom stereocenters. The van der Waals surface area contributed by atoms with Crippen LogP contribution >= 0.6 is 0 Å². The highest BCUT2D eigenvalue weighted by Gasteiger charge is 2.43. The summed E-state index contributed by atoms with van der Waals surface area (Å²) in [6, 6.07) is 0. The molecule has 8 nitrogen and oxygen atoms in total. The number of likely N-dealkylation sites (tertiary alicyclic amines) is 1. The van der Waals surface area contributed by atoms with Crippen molar-refractivity contribution in [1.29, 1.82) is 0 Å². The number of amides is 1. The smallest absolute Gasteiger partial charge is 0.328 e. The number of rotatable bonds is 4. The van der Waals surface area contributed by atoms with Crippen LogP contribution in [0.5, 0.6) is 0 Å². The second-order valence-corrected chi connectivity index (χ2v) is 6.08. The molecule has 0 radical (unpaired) electrons. The van der Waals surface area contributed by atoms with Crippen LogP contribution in [0.3, 0.4) is 0 Å². The van der Waals surface area contributed by atoms with Gasteiger partial charge in [0.1, 0.15) is 5.56 Å². The summed E-state index contributed by atoms with van der Waals surface area (Å²) >= 11 is 0. The number of H-pyrrole nitrogens is 1. The Morgan fingerprint density at radius 3 is 2.70 bits per heavy atom. The fourth-order valence-electron chi connectivity index (χ4n) is 3.16. The van der Waals surface area contributed by atoms with Gasteiger partial charge >= 0.3 is 11.7 Å². The molecule has 0 bridgehead atoms. The summed E-state index contributed by atoms with van der Waals surface area (Å²) in [5.74, 6) is -1.45. The molecule has 1 fully saturated rings. The van der Waals surface area contributed by atoms with E-state index in [1.165, 1.54) is 18.1 Å². The van der Waals surface area contributed by atoms with Gasteiger partial charge in [0.25, 0.3) is 11.5 Å². The van der Waals surface area contributed by atoms with Gasteiger partial charge < -0.3 is 14.6 Å². The van der Waals surface area contributed by atoms with E-state index in [4.69, 9.17) is 0 Å². The number of aromatic nitrogens is 2. The molecule has 1 unspecified atom stereocenters. The highest BCUT2D eigenvalue weighted by molar-refractivity contribution is 5.94. The highest BCUT2D eigenvalue weighted by Crippen LogP contribution is 2.35. The molecule has 2 N–H and O–H groups in total.